The number of hydrogen-bond acceptors (Lipinski definition) is 3. The Kier molecular flexibility index (Phi) is 5.72. The van der Waals surface area contributed by atoms with Gasteiger partial charge in [0.25, 0.3) is 0 Å². The highest BCUT2D eigenvalue weighted by Gasteiger charge is 2.11. The van der Waals surface area contributed by atoms with Crippen molar-refractivity contribution in [3.63, 3.8) is 0 Å². The van der Waals surface area contributed by atoms with Gasteiger partial charge in [-0.1, -0.05) is 30.3 Å². The maximum atomic E-state index is 13.5. The predicted octanol–water partition coefficient (Wildman–Crippen LogP) is 3.31. The van der Waals surface area contributed by atoms with Crippen molar-refractivity contribution in [1.29, 1.82) is 0 Å². The molecule has 2 rings (SSSR count). The van der Waals surface area contributed by atoms with Gasteiger partial charge in [-0.25, -0.2) is 4.39 Å². The van der Waals surface area contributed by atoms with E-state index >= 15 is 0 Å². The van der Waals surface area contributed by atoms with Gasteiger partial charge < -0.3 is 14.8 Å². The Hall–Kier alpha value is -1.91. The largest absolute Gasteiger partial charge is 0.497 e. The molecule has 0 saturated heterocycles. The first kappa shape index (κ1) is 15.5. The molecule has 2 aromatic rings. The van der Waals surface area contributed by atoms with Crippen LogP contribution in [0.5, 0.6) is 5.75 Å². The van der Waals surface area contributed by atoms with Crippen LogP contribution in [-0.2, 0) is 11.3 Å². The van der Waals surface area contributed by atoms with Crippen molar-refractivity contribution < 1.29 is 13.9 Å². The van der Waals surface area contributed by atoms with E-state index in [2.05, 4.69) is 5.32 Å². The normalized spacial score (nSPS) is 12.1. The third-order valence-electron chi connectivity index (χ3n) is 3.34. The van der Waals surface area contributed by atoms with E-state index in [1.54, 1.807) is 25.3 Å². The highest BCUT2D eigenvalue weighted by molar-refractivity contribution is 5.30. The summed E-state index contributed by atoms with van der Waals surface area (Å²) in [6, 6.07) is 14.5. The standard InChI is InChI=1S/C17H20FNO2/c1-19-17(13-7-5-8-15(10-13)20-2)12-21-11-14-6-3-4-9-16(14)18/h3-10,17,19H,11-12H2,1-2H3. The van der Waals surface area contributed by atoms with Gasteiger partial charge in [0.1, 0.15) is 11.6 Å². The van der Waals surface area contributed by atoms with Crippen LogP contribution in [0.3, 0.4) is 0 Å². The molecule has 0 aliphatic carbocycles. The minimum atomic E-state index is -0.236. The smallest absolute Gasteiger partial charge is 0.128 e. The molecule has 0 heterocycles. The first-order chi connectivity index (χ1) is 10.2. The summed E-state index contributed by atoms with van der Waals surface area (Å²) in [6.45, 7) is 0.715. The van der Waals surface area contributed by atoms with Crippen molar-refractivity contribution in [3.8, 4) is 5.75 Å². The Morgan fingerprint density at radius 3 is 2.67 bits per heavy atom. The van der Waals surface area contributed by atoms with Crippen LogP contribution in [0, 0.1) is 5.82 Å². The first-order valence-corrected chi connectivity index (χ1v) is 6.87. The van der Waals surface area contributed by atoms with Gasteiger partial charge in [0.15, 0.2) is 0 Å². The number of methoxy groups -OCH3 is 1. The second-order valence-electron chi connectivity index (χ2n) is 4.72. The van der Waals surface area contributed by atoms with Crippen LogP contribution in [0.1, 0.15) is 17.2 Å². The fourth-order valence-electron chi connectivity index (χ4n) is 2.11. The molecule has 1 unspecified atom stereocenters. The molecule has 0 radical (unpaired) electrons. The number of likely N-dealkylation sites (N-methyl/N-ethyl adjacent to an activating group) is 1. The number of nitrogens with one attached hydrogen (secondary N) is 1. The van der Waals surface area contributed by atoms with Crippen molar-refractivity contribution in [2.45, 2.75) is 12.6 Å². The highest BCUT2D eigenvalue weighted by atomic mass is 19.1. The van der Waals surface area contributed by atoms with E-state index < -0.39 is 0 Å². The molecule has 1 atom stereocenters. The molecule has 4 heteroatoms. The number of halogens is 1. The van der Waals surface area contributed by atoms with Gasteiger partial charge in [-0.3, -0.25) is 0 Å². The molecule has 1 N–H and O–H groups in total. The van der Waals surface area contributed by atoms with E-state index in [9.17, 15) is 4.39 Å². The summed E-state index contributed by atoms with van der Waals surface area (Å²) >= 11 is 0. The molecule has 112 valence electrons. The van der Waals surface area contributed by atoms with Gasteiger partial charge in [0.05, 0.1) is 26.4 Å². The van der Waals surface area contributed by atoms with Crippen molar-refractivity contribution in [3.05, 3.63) is 65.5 Å². The molecule has 0 spiro atoms. The van der Waals surface area contributed by atoms with Gasteiger partial charge >= 0.3 is 0 Å². The zero-order valence-electron chi connectivity index (χ0n) is 12.3. The van der Waals surface area contributed by atoms with Crippen molar-refractivity contribution in [2.24, 2.45) is 0 Å². The summed E-state index contributed by atoms with van der Waals surface area (Å²) in [5.41, 5.74) is 1.64. The molecular weight excluding hydrogens is 269 g/mol. The minimum Gasteiger partial charge on any atom is -0.497 e. The molecule has 0 aliphatic rings. The Morgan fingerprint density at radius 2 is 1.95 bits per heavy atom. The van der Waals surface area contributed by atoms with Crippen LogP contribution in [0.25, 0.3) is 0 Å². The molecule has 2 aromatic carbocycles. The average Bonchev–Trinajstić information content (AvgIpc) is 2.53. The quantitative estimate of drug-likeness (QED) is 0.848. The van der Waals surface area contributed by atoms with Gasteiger partial charge in [-0.15, -0.1) is 0 Å². The van der Waals surface area contributed by atoms with Crippen LogP contribution in [0.4, 0.5) is 4.39 Å². The van der Waals surface area contributed by atoms with Crippen LogP contribution in [-0.4, -0.2) is 20.8 Å². The lowest BCUT2D eigenvalue weighted by molar-refractivity contribution is 0.0985. The number of hydrogen-bond donors (Lipinski definition) is 1. The topological polar surface area (TPSA) is 30.5 Å². The summed E-state index contributed by atoms with van der Waals surface area (Å²) in [7, 11) is 3.51. The molecule has 0 aliphatic heterocycles. The van der Waals surface area contributed by atoms with Gasteiger partial charge in [0.2, 0.25) is 0 Å². The van der Waals surface area contributed by atoms with Crippen molar-refractivity contribution in [2.75, 3.05) is 20.8 Å². The Labute approximate surface area is 124 Å². The monoisotopic (exact) mass is 289 g/mol. The zero-order chi connectivity index (χ0) is 15.1. The summed E-state index contributed by atoms with van der Waals surface area (Å²) < 4.78 is 24.4. The maximum absolute atomic E-state index is 13.5. The molecule has 3 nitrogen and oxygen atoms in total. The zero-order valence-corrected chi connectivity index (χ0v) is 12.3. The summed E-state index contributed by atoms with van der Waals surface area (Å²) in [5.74, 6) is 0.571. The van der Waals surface area contributed by atoms with E-state index in [-0.39, 0.29) is 18.5 Å². The minimum absolute atomic E-state index is 0.0341. The fourth-order valence-corrected chi connectivity index (χ4v) is 2.11. The lowest BCUT2D eigenvalue weighted by Crippen LogP contribution is -2.21. The lowest BCUT2D eigenvalue weighted by atomic mass is 10.1. The SMILES string of the molecule is CNC(COCc1ccccc1F)c1cccc(OC)c1. The van der Waals surface area contributed by atoms with Gasteiger partial charge in [0, 0.05) is 5.56 Å². The summed E-state index contributed by atoms with van der Waals surface area (Å²) in [4.78, 5) is 0. The van der Waals surface area contributed by atoms with Crippen molar-refractivity contribution in [1.82, 2.24) is 5.32 Å². The van der Waals surface area contributed by atoms with Crippen LogP contribution >= 0.6 is 0 Å². The van der Waals surface area contributed by atoms with E-state index in [1.807, 2.05) is 31.3 Å². The van der Waals surface area contributed by atoms with Crippen LogP contribution < -0.4 is 10.1 Å². The Bertz CT molecular complexity index is 574. The second-order valence-corrected chi connectivity index (χ2v) is 4.72. The maximum Gasteiger partial charge on any atom is 0.128 e. The third-order valence-corrected chi connectivity index (χ3v) is 3.34. The van der Waals surface area contributed by atoms with Gasteiger partial charge in [-0.2, -0.15) is 0 Å². The lowest BCUT2D eigenvalue weighted by Gasteiger charge is -2.17. The molecule has 0 amide bonds. The number of rotatable bonds is 7. The van der Waals surface area contributed by atoms with E-state index in [1.165, 1.54) is 6.07 Å². The van der Waals surface area contributed by atoms with E-state index in [0.29, 0.717) is 12.2 Å². The van der Waals surface area contributed by atoms with Gasteiger partial charge in [-0.05, 0) is 30.8 Å². The molecule has 21 heavy (non-hydrogen) atoms. The first-order valence-electron chi connectivity index (χ1n) is 6.87. The average molecular weight is 289 g/mol. The number of ether oxygens (including phenoxy) is 2. The van der Waals surface area contributed by atoms with Crippen LogP contribution in [0.15, 0.2) is 48.5 Å². The van der Waals surface area contributed by atoms with E-state index in [0.717, 1.165) is 11.3 Å². The molecule has 0 aromatic heterocycles. The third kappa shape index (κ3) is 4.28. The summed E-state index contributed by atoms with van der Waals surface area (Å²) in [5, 5.41) is 3.20. The number of benzene rings is 2. The molecule has 0 saturated carbocycles. The van der Waals surface area contributed by atoms with Crippen LogP contribution in [0.2, 0.25) is 0 Å². The molecule has 0 fully saturated rings. The Morgan fingerprint density at radius 1 is 1.14 bits per heavy atom. The predicted molar refractivity (Wildman–Crippen MR) is 80.9 cm³/mol. The highest BCUT2D eigenvalue weighted by Crippen LogP contribution is 2.19. The Balaban J connectivity index is 1.95. The molecular formula is C17H20FNO2. The van der Waals surface area contributed by atoms with E-state index in [4.69, 9.17) is 9.47 Å². The fraction of sp³-hybridized carbons (Fsp3) is 0.294. The van der Waals surface area contributed by atoms with Crippen molar-refractivity contribution >= 4 is 0 Å². The molecule has 0 bridgehead atoms. The summed E-state index contributed by atoms with van der Waals surface area (Å²) in [6.07, 6.45) is 0. The second kappa shape index (κ2) is 7.76.